The Morgan fingerprint density at radius 1 is 1.18 bits per heavy atom. The number of carbonyl (C=O) groups excluding carboxylic acids is 1. The first-order valence-corrected chi connectivity index (χ1v) is 9.01. The molecule has 5 nitrogen and oxygen atoms in total. The van der Waals surface area contributed by atoms with Gasteiger partial charge in [-0.15, -0.1) is 0 Å². The Labute approximate surface area is 132 Å². The third-order valence-corrected chi connectivity index (χ3v) is 5.24. The second-order valence-corrected chi connectivity index (χ2v) is 8.61. The van der Waals surface area contributed by atoms with Crippen LogP contribution in [0, 0.1) is 0 Å². The molecule has 0 spiro atoms. The minimum Gasteiger partial charge on any atom is -0.352 e. The highest BCUT2D eigenvalue weighted by Gasteiger charge is 2.28. The van der Waals surface area contributed by atoms with E-state index >= 15 is 0 Å². The first kappa shape index (κ1) is 17.0. The van der Waals surface area contributed by atoms with E-state index in [4.69, 9.17) is 0 Å². The molecule has 22 heavy (non-hydrogen) atoms. The lowest BCUT2D eigenvalue weighted by molar-refractivity contribution is -0.122. The van der Waals surface area contributed by atoms with Gasteiger partial charge in [0, 0.05) is 6.04 Å². The average molecular weight is 324 g/mol. The number of amides is 1. The number of nitrogens with one attached hydrogen (secondary N) is 2. The highest BCUT2D eigenvalue weighted by molar-refractivity contribution is 7.89. The highest BCUT2D eigenvalue weighted by Crippen LogP contribution is 2.23. The predicted octanol–water partition coefficient (Wildman–Crippen LogP) is 1.93. The molecule has 1 aromatic rings. The quantitative estimate of drug-likeness (QED) is 0.869. The number of rotatable bonds is 5. The lowest BCUT2D eigenvalue weighted by Crippen LogP contribution is -2.45. The molecule has 1 saturated carbocycles. The molecule has 2 rings (SSSR count). The zero-order valence-electron chi connectivity index (χ0n) is 13.5. The van der Waals surface area contributed by atoms with Crippen LogP contribution in [0.15, 0.2) is 29.2 Å². The van der Waals surface area contributed by atoms with Gasteiger partial charge in [-0.3, -0.25) is 4.79 Å². The Bertz CT molecular complexity index is 641. The van der Waals surface area contributed by atoms with E-state index in [1.165, 1.54) is 0 Å². The van der Waals surface area contributed by atoms with Gasteiger partial charge in [-0.2, -0.15) is 4.72 Å². The fourth-order valence-electron chi connectivity index (χ4n) is 2.04. The van der Waals surface area contributed by atoms with Gasteiger partial charge in [0.15, 0.2) is 0 Å². The molecular formula is C16H24N2O3S. The third-order valence-electron chi connectivity index (χ3n) is 3.68. The van der Waals surface area contributed by atoms with E-state index in [-0.39, 0.29) is 22.3 Å². The average Bonchev–Trinajstić information content (AvgIpc) is 3.21. The minimum atomic E-state index is -3.69. The molecule has 1 fully saturated rings. The molecule has 2 N–H and O–H groups in total. The first-order valence-electron chi connectivity index (χ1n) is 7.53. The maximum absolute atomic E-state index is 12.3. The number of carbonyl (C=O) groups is 1. The van der Waals surface area contributed by atoms with Gasteiger partial charge in [0.25, 0.3) is 0 Å². The van der Waals surface area contributed by atoms with Crippen molar-refractivity contribution in [1.82, 2.24) is 10.0 Å². The molecule has 1 amide bonds. The maximum Gasteiger partial charge on any atom is 0.241 e. The third kappa shape index (κ3) is 4.30. The highest BCUT2D eigenvalue weighted by atomic mass is 32.2. The van der Waals surface area contributed by atoms with Gasteiger partial charge in [0.1, 0.15) is 0 Å². The first-order chi connectivity index (χ1) is 10.1. The van der Waals surface area contributed by atoms with Crippen LogP contribution in [0.3, 0.4) is 0 Å². The van der Waals surface area contributed by atoms with Crippen LogP contribution in [-0.4, -0.2) is 26.4 Å². The van der Waals surface area contributed by atoms with Crippen molar-refractivity contribution >= 4 is 15.9 Å². The minimum absolute atomic E-state index is 0.0346. The Kier molecular flexibility index (Phi) is 4.63. The molecule has 0 radical (unpaired) electrons. The maximum atomic E-state index is 12.3. The molecule has 0 aliphatic heterocycles. The van der Waals surface area contributed by atoms with Crippen LogP contribution >= 0.6 is 0 Å². The van der Waals surface area contributed by atoms with Crippen LogP contribution in [-0.2, 0) is 20.2 Å². The van der Waals surface area contributed by atoms with Gasteiger partial charge in [0.05, 0.1) is 10.9 Å². The SMILES string of the molecule is C[C@@H](NS(=O)(=O)c1ccc(C(C)(C)C)cc1)C(=O)NC1CC1. The number of sulfonamides is 1. The fourth-order valence-corrected chi connectivity index (χ4v) is 3.25. The van der Waals surface area contributed by atoms with E-state index in [2.05, 4.69) is 30.8 Å². The van der Waals surface area contributed by atoms with E-state index in [1.54, 1.807) is 19.1 Å². The van der Waals surface area contributed by atoms with Gasteiger partial charge in [0.2, 0.25) is 15.9 Å². The van der Waals surface area contributed by atoms with Crippen LogP contribution < -0.4 is 10.0 Å². The van der Waals surface area contributed by atoms with Crippen LogP contribution in [0.2, 0.25) is 0 Å². The van der Waals surface area contributed by atoms with Crippen LogP contribution in [0.4, 0.5) is 0 Å². The molecule has 0 unspecified atom stereocenters. The second kappa shape index (κ2) is 6.01. The van der Waals surface area contributed by atoms with E-state index < -0.39 is 16.1 Å². The monoisotopic (exact) mass is 324 g/mol. The summed E-state index contributed by atoms with van der Waals surface area (Å²) in [5.41, 5.74) is 1.03. The van der Waals surface area contributed by atoms with Crippen molar-refractivity contribution in [2.24, 2.45) is 0 Å². The fraction of sp³-hybridized carbons (Fsp3) is 0.562. The van der Waals surface area contributed by atoms with Crippen LogP contribution in [0.25, 0.3) is 0 Å². The van der Waals surface area contributed by atoms with Crippen molar-refractivity contribution < 1.29 is 13.2 Å². The summed E-state index contributed by atoms with van der Waals surface area (Å²) in [7, 11) is -3.69. The summed E-state index contributed by atoms with van der Waals surface area (Å²) < 4.78 is 27.1. The standard InChI is InChI=1S/C16H24N2O3S/c1-11(15(19)17-13-7-8-13)18-22(20,21)14-9-5-12(6-10-14)16(2,3)4/h5-6,9-11,13,18H,7-8H2,1-4H3,(H,17,19)/t11-/m1/s1. The van der Waals surface area contributed by atoms with E-state index in [0.29, 0.717) is 0 Å². The largest absolute Gasteiger partial charge is 0.352 e. The van der Waals surface area contributed by atoms with E-state index in [9.17, 15) is 13.2 Å². The zero-order chi connectivity index (χ0) is 16.5. The summed E-state index contributed by atoms with van der Waals surface area (Å²) in [6.45, 7) is 7.76. The van der Waals surface area contributed by atoms with E-state index in [1.807, 2.05) is 12.1 Å². The molecule has 6 heteroatoms. The normalized spacial score (nSPS) is 17.1. The summed E-state index contributed by atoms with van der Waals surface area (Å²) in [5.74, 6) is -0.280. The predicted molar refractivity (Wildman–Crippen MR) is 86.1 cm³/mol. The van der Waals surface area contributed by atoms with Crippen LogP contribution in [0.1, 0.15) is 46.1 Å². The molecule has 0 heterocycles. The molecule has 0 aromatic heterocycles. The van der Waals surface area contributed by atoms with Crippen molar-refractivity contribution in [1.29, 1.82) is 0 Å². The Morgan fingerprint density at radius 3 is 2.18 bits per heavy atom. The summed E-state index contributed by atoms with van der Waals surface area (Å²) in [5, 5.41) is 2.79. The van der Waals surface area contributed by atoms with Gasteiger partial charge < -0.3 is 5.32 Å². The number of hydrogen-bond donors (Lipinski definition) is 2. The van der Waals surface area contributed by atoms with Gasteiger partial charge in [-0.25, -0.2) is 8.42 Å². The summed E-state index contributed by atoms with van der Waals surface area (Å²) in [6.07, 6.45) is 1.94. The van der Waals surface area contributed by atoms with E-state index in [0.717, 1.165) is 18.4 Å². The topological polar surface area (TPSA) is 75.3 Å². The number of hydrogen-bond acceptors (Lipinski definition) is 3. The van der Waals surface area contributed by atoms with Crippen molar-refractivity contribution in [2.45, 2.75) is 62.9 Å². The molecule has 122 valence electrons. The summed E-state index contributed by atoms with van der Waals surface area (Å²) in [6, 6.07) is 6.20. The smallest absolute Gasteiger partial charge is 0.241 e. The molecule has 1 aliphatic carbocycles. The lowest BCUT2D eigenvalue weighted by Gasteiger charge is -2.19. The number of benzene rings is 1. The van der Waals surface area contributed by atoms with Crippen molar-refractivity contribution in [3.05, 3.63) is 29.8 Å². The summed E-state index contributed by atoms with van der Waals surface area (Å²) >= 11 is 0. The van der Waals surface area contributed by atoms with Crippen molar-refractivity contribution in [3.8, 4) is 0 Å². The Hall–Kier alpha value is -1.40. The molecular weight excluding hydrogens is 300 g/mol. The lowest BCUT2D eigenvalue weighted by atomic mass is 9.87. The molecule has 0 saturated heterocycles. The molecule has 1 aliphatic rings. The van der Waals surface area contributed by atoms with Gasteiger partial charge in [-0.05, 0) is 42.9 Å². The zero-order valence-corrected chi connectivity index (χ0v) is 14.3. The van der Waals surface area contributed by atoms with Crippen molar-refractivity contribution in [2.75, 3.05) is 0 Å². The van der Waals surface area contributed by atoms with Gasteiger partial charge >= 0.3 is 0 Å². The Balaban J connectivity index is 2.07. The molecule has 1 atom stereocenters. The van der Waals surface area contributed by atoms with Crippen molar-refractivity contribution in [3.63, 3.8) is 0 Å². The molecule has 0 bridgehead atoms. The second-order valence-electron chi connectivity index (χ2n) is 6.90. The summed E-state index contributed by atoms with van der Waals surface area (Å²) in [4.78, 5) is 12.0. The van der Waals surface area contributed by atoms with Gasteiger partial charge in [-0.1, -0.05) is 32.9 Å². The van der Waals surface area contributed by atoms with Crippen LogP contribution in [0.5, 0.6) is 0 Å². The molecule has 1 aromatic carbocycles. The Morgan fingerprint density at radius 2 is 1.73 bits per heavy atom.